The molecule has 0 unspecified atom stereocenters. The van der Waals surface area contributed by atoms with E-state index < -0.39 is 0 Å². The van der Waals surface area contributed by atoms with Crippen LogP contribution in [0.4, 0.5) is 5.00 Å². The summed E-state index contributed by atoms with van der Waals surface area (Å²) in [5.41, 5.74) is 1.80. The van der Waals surface area contributed by atoms with Gasteiger partial charge in [0.15, 0.2) is 0 Å². The predicted octanol–water partition coefficient (Wildman–Crippen LogP) is 4.01. The van der Waals surface area contributed by atoms with Crippen LogP contribution in [0.5, 0.6) is 0 Å². The molecule has 0 atom stereocenters. The molecule has 2 aliphatic rings. The van der Waals surface area contributed by atoms with Crippen molar-refractivity contribution in [2.24, 2.45) is 16.7 Å². The first-order chi connectivity index (χ1) is 12.7. The number of hydrogen-bond acceptors (Lipinski definition) is 4. The molecule has 0 aromatic carbocycles. The number of methoxy groups -OCH3 is 1. The standard InChI is InChI=1S/C21H32N2O3S/c1-20(2)16(21(20,3)4)18(25)23-19-15(17(24)22-11-8-12-26-5)13-9-6-7-10-14(13)27-19/h16H,6-12H2,1-5H3,(H,22,24)(H,23,25). The minimum absolute atomic E-state index is 0.0173. The monoisotopic (exact) mass is 392 g/mol. The first-order valence-electron chi connectivity index (χ1n) is 9.94. The third-order valence-corrected chi connectivity index (χ3v) is 7.94. The summed E-state index contributed by atoms with van der Waals surface area (Å²) in [7, 11) is 1.66. The number of thiophene rings is 1. The van der Waals surface area contributed by atoms with Crippen molar-refractivity contribution in [1.82, 2.24) is 5.32 Å². The van der Waals surface area contributed by atoms with Crippen molar-refractivity contribution in [3.05, 3.63) is 16.0 Å². The van der Waals surface area contributed by atoms with E-state index in [1.807, 2.05) is 0 Å². The molecule has 0 bridgehead atoms. The van der Waals surface area contributed by atoms with Crippen molar-refractivity contribution in [1.29, 1.82) is 0 Å². The molecule has 0 aliphatic heterocycles. The Morgan fingerprint density at radius 3 is 2.44 bits per heavy atom. The van der Waals surface area contributed by atoms with Gasteiger partial charge in [-0.15, -0.1) is 11.3 Å². The Hall–Kier alpha value is -1.40. The molecule has 2 N–H and O–H groups in total. The SMILES string of the molecule is COCCCNC(=O)c1c(NC(=O)C2C(C)(C)C2(C)C)sc2c1CCCC2. The zero-order valence-corrected chi connectivity index (χ0v) is 18.0. The lowest BCUT2D eigenvalue weighted by Crippen LogP contribution is -2.27. The average Bonchev–Trinajstić information content (AvgIpc) is 2.88. The third kappa shape index (κ3) is 3.66. The van der Waals surface area contributed by atoms with E-state index in [0.717, 1.165) is 42.7 Å². The Morgan fingerprint density at radius 2 is 1.81 bits per heavy atom. The maximum atomic E-state index is 12.9. The second-order valence-corrected chi connectivity index (χ2v) is 9.99. The summed E-state index contributed by atoms with van der Waals surface area (Å²) < 4.78 is 5.05. The van der Waals surface area contributed by atoms with Crippen molar-refractivity contribution < 1.29 is 14.3 Å². The Balaban J connectivity index is 1.79. The van der Waals surface area contributed by atoms with Gasteiger partial charge >= 0.3 is 0 Å². The van der Waals surface area contributed by atoms with Gasteiger partial charge in [-0.25, -0.2) is 0 Å². The summed E-state index contributed by atoms with van der Waals surface area (Å²) >= 11 is 1.59. The van der Waals surface area contributed by atoms with Gasteiger partial charge in [0.05, 0.1) is 5.56 Å². The van der Waals surface area contributed by atoms with Crippen LogP contribution in [0.1, 0.15) is 67.8 Å². The van der Waals surface area contributed by atoms with Crippen LogP contribution in [0.3, 0.4) is 0 Å². The topological polar surface area (TPSA) is 67.4 Å². The van der Waals surface area contributed by atoms with Crippen LogP contribution in [-0.4, -0.2) is 32.1 Å². The van der Waals surface area contributed by atoms with Gasteiger partial charge in [0.1, 0.15) is 5.00 Å². The van der Waals surface area contributed by atoms with Crippen LogP contribution < -0.4 is 10.6 Å². The highest BCUT2D eigenvalue weighted by Gasteiger charge is 2.68. The summed E-state index contributed by atoms with van der Waals surface area (Å²) in [6.45, 7) is 9.76. The van der Waals surface area contributed by atoms with Crippen LogP contribution in [0.15, 0.2) is 0 Å². The minimum atomic E-state index is -0.0740. The van der Waals surface area contributed by atoms with E-state index in [0.29, 0.717) is 18.7 Å². The third-order valence-electron chi connectivity index (χ3n) is 6.73. The highest BCUT2D eigenvalue weighted by Crippen LogP contribution is 2.68. The van der Waals surface area contributed by atoms with Gasteiger partial charge in [0.25, 0.3) is 5.91 Å². The van der Waals surface area contributed by atoms with Crippen molar-refractivity contribution in [2.75, 3.05) is 25.6 Å². The number of ether oxygens (including phenoxy) is 1. The minimum Gasteiger partial charge on any atom is -0.385 e. The molecular weight excluding hydrogens is 360 g/mol. The van der Waals surface area contributed by atoms with Gasteiger partial charge in [-0.1, -0.05) is 27.7 Å². The predicted molar refractivity (Wildman–Crippen MR) is 109 cm³/mol. The van der Waals surface area contributed by atoms with Crippen LogP contribution in [0.2, 0.25) is 0 Å². The molecule has 2 amide bonds. The summed E-state index contributed by atoms with van der Waals surface area (Å²) in [5, 5.41) is 6.85. The maximum Gasteiger partial charge on any atom is 0.254 e. The normalized spacial score (nSPS) is 20.0. The van der Waals surface area contributed by atoms with Gasteiger partial charge in [-0.05, 0) is 48.5 Å². The van der Waals surface area contributed by atoms with Crippen molar-refractivity contribution in [2.45, 2.75) is 59.8 Å². The zero-order valence-electron chi connectivity index (χ0n) is 17.2. The van der Waals surface area contributed by atoms with Crippen LogP contribution in [-0.2, 0) is 22.4 Å². The molecule has 6 heteroatoms. The van der Waals surface area contributed by atoms with Gasteiger partial charge in [0, 0.05) is 31.1 Å². The lowest BCUT2D eigenvalue weighted by Gasteiger charge is -2.13. The first-order valence-corrected chi connectivity index (χ1v) is 10.8. The molecule has 0 radical (unpaired) electrons. The summed E-state index contributed by atoms with van der Waals surface area (Å²) in [5.74, 6) is -0.0612. The van der Waals surface area contributed by atoms with E-state index in [2.05, 4.69) is 38.3 Å². The van der Waals surface area contributed by atoms with Gasteiger partial charge in [-0.2, -0.15) is 0 Å². The smallest absolute Gasteiger partial charge is 0.254 e. The molecule has 1 fully saturated rings. The molecule has 1 saturated carbocycles. The second-order valence-electron chi connectivity index (χ2n) is 8.88. The Morgan fingerprint density at radius 1 is 1.15 bits per heavy atom. The van der Waals surface area contributed by atoms with E-state index in [4.69, 9.17) is 4.74 Å². The largest absolute Gasteiger partial charge is 0.385 e. The number of fused-ring (bicyclic) bond motifs is 1. The Labute approximate surface area is 166 Å². The quantitative estimate of drug-likeness (QED) is 0.689. The molecule has 0 spiro atoms. The average molecular weight is 393 g/mol. The van der Waals surface area contributed by atoms with Crippen molar-refractivity contribution in [3.63, 3.8) is 0 Å². The van der Waals surface area contributed by atoms with Crippen molar-refractivity contribution in [3.8, 4) is 0 Å². The lowest BCUT2D eigenvalue weighted by atomic mass is 9.95. The fourth-order valence-electron chi connectivity index (χ4n) is 4.44. The molecular formula is C21H32N2O3S. The van der Waals surface area contributed by atoms with E-state index in [1.165, 1.54) is 4.88 Å². The maximum absolute atomic E-state index is 12.9. The van der Waals surface area contributed by atoms with Crippen LogP contribution in [0, 0.1) is 16.7 Å². The molecule has 3 rings (SSSR count). The number of rotatable bonds is 7. The highest BCUT2D eigenvalue weighted by atomic mass is 32.1. The number of hydrogen-bond donors (Lipinski definition) is 2. The number of anilines is 1. The summed E-state index contributed by atoms with van der Waals surface area (Å²) in [4.78, 5) is 27.1. The van der Waals surface area contributed by atoms with E-state index in [9.17, 15) is 9.59 Å². The second kappa shape index (κ2) is 7.55. The van der Waals surface area contributed by atoms with Gasteiger partial charge < -0.3 is 15.4 Å². The van der Waals surface area contributed by atoms with Gasteiger partial charge in [-0.3, -0.25) is 9.59 Å². The molecule has 150 valence electrons. The number of aryl methyl sites for hydroxylation is 1. The van der Waals surface area contributed by atoms with Crippen LogP contribution in [0.25, 0.3) is 0 Å². The van der Waals surface area contributed by atoms with E-state index in [-0.39, 0.29) is 28.6 Å². The molecule has 1 aromatic rings. The number of amides is 2. The fraction of sp³-hybridized carbons (Fsp3) is 0.714. The molecule has 27 heavy (non-hydrogen) atoms. The Kier molecular flexibility index (Phi) is 5.69. The number of carbonyl (C=O) groups excluding carboxylic acids is 2. The number of carbonyl (C=O) groups is 2. The first kappa shape index (κ1) is 20.3. The molecule has 0 saturated heterocycles. The summed E-state index contributed by atoms with van der Waals surface area (Å²) in [6.07, 6.45) is 4.95. The molecule has 1 aromatic heterocycles. The lowest BCUT2D eigenvalue weighted by molar-refractivity contribution is -0.118. The van der Waals surface area contributed by atoms with E-state index in [1.54, 1.807) is 18.4 Å². The van der Waals surface area contributed by atoms with Gasteiger partial charge in [0.2, 0.25) is 5.91 Å². The fourth-order valence-corrected chi connectivity index (χ4v) is 5.73. The summed E-state index contributed by atoms with van der Waals surface area (Å²) in [6, 6.07) is 0. The molecule has 2 aliphatic carbocycles. The number of nitrogens with one attached hydrogen (secondary N) is 2. The van der Waals surface area contributed by atoms with E-state index >= 15 is 0 Å². The zero-order chi connectivity index (χ0) is 19.8. The highest BCUT2D eigenvalue weighted by molar-refractivity contribution is 7.17. The van der Waals surface area contributed by atoms with Crippen molar-refractivity contribution >= 4 is 28.2 Å². The van der Waals surface area contributed by atoms with Crippen LogP contribution >= 0.6 is 11.3 Å². The Bertz CT molecular complexity index is 722. The molecule has 1 heterocycles. The molecule has 5 nitrogen and oxygen atoms in total.